The maximum atomic E-state index is 12.0. The number of nitrogens with zero attached hydrogens (tertiary/aromatic N) is 2. The van der Waals surface area contributed by atoms with Crippen molar-refractivity contribution in [2.24, 2.45) is 0 Å². The van der Waals surface area contributed by atoms with Crippen LogP contribution < -0.4 is 10.4 Å². The molecule has 2 rings (SSSR count). The first-order valence-corrected chi connectivity index (χ1v) is 5.90. The number of nitro benzene ring substituents is 2. The Kier molecular flexibility index (Phi) is 3.98. The van der Waals surface area contributed by atoms with Crippen LogP contribution in [0.5, 0.6) is 5.75 Å². The summed E-state index contributed by atoms with van der Waals surface area (Å²) in [5, 5.41) is 35.8. The number of hydrogen-bond acceptors (Lipinski definition) is 6. The van der Waals surface area contributed by atoms with E-state index in [4.69, 9.17) is 0 Å². The van der Waals surface area contributed by atoms with Gasteiger partial charge in [-0.05, 0) is 17.9 Å². The molecule has 0 radical (unpaired) electrons. The third kappa shape index (κ3) is 2.98. The summed E-state index contributed by atoms with van der Waals surface area (Å²) in [6, 6.07) is 9.28. The highest BCUT2D eigenvalue weighted by Gasteiger charge is 2.22. The molecule has 1 N–H and O–H groups in total. The number of carbonyl (C=O) groups excluding carboxylic acids is 1. The Morgan fingerprint density at radius 2 is 1.64 bits per heavy atom. The van der Waals surface area contributed by atoms with Crippen LogP contribution in [0.3, 0.4) is 0 Å². The first-order chi connectivity index (χ1) is 10.4. The van der Waals surface area contributed by atoms with E-state index in [2.05, 4.69) is 5.32 Å². The van der Waals surface area contributed by atoms with Crippen molar-refractivity contribution in [2.45, 2.75) is 0 Å². The van der Waals surface area contributed by atoms with E-state index in [0.717, 1.165) is 0 Å². The number of para-hydroxylation sites is 1. The molecule has 0 atom stereocenters. The highest BCUT2D eigenvalue weighted by Crippen LogP contribution is 2.32. The molecule has 0 bridgehead atoms. The standard InChI is InChI=1S/C13H9N3O6/c17-12-10(13(18)14-8-4-2-1-3-5-8)6-9(15(19)20)7-11(12)16(21)22/h1-7,17H,(H,14,18)/p-1. The van der Waals surface area contributed by atoms with Crippen LogP contribution in [0.4, 0.5) is 17.1 Å². The average molecular weight is 302 g/mol. The summed E-state index contributed by atoms with van der Waals surface area (Å²) in [5.41, 5.74) is -2.04. The van der Waals surface area contributed by atoms with E-state index in [1.807, 2.05) is 0 Å². The maximum absolute atomic E-state index is 12.0. The minimum absolute atomic E-state index is 0.348. The van der Waals surface area contributed by atoms with Crippen LogP contribution in [0, 0.1) is 20.2 Å². The van der Waals surface area contributed by atoms with Crippen molar-refractivity contribution in [2.75, 3.05) is 5.32 Å². The Bertz CT molecular complexity index is 760. The van der Waals surface area contributed by atoms with E-state index in [1.54, 1.807) is 18.2 Å². The van der Waals surface area contributed by atoms with Crippen LogP contribution in [-0.4, -0.2) is 15.8 Å². The molecule has 0 saturated carbocycles. The number of anilines is 1. The molecule has 2 aromatic rings. The lowest BCUT2D eigenvalue weighted by Crippen LogP contribution is -2.16. The Balaban J connectivity index is 2.47. The average Bonchev–Trinajstić information content (AvgIpc) is 2.47. The van der Waals surface area contributed by atoms with Gasteiger partial charge in [-0.3, -0.25) is 25.0 Å². The summed E-state index contributed by atoms with van der Waals surface area (Å²) >= 11 is 0. The van der Waals surface area contributed by atoms with Gasteiger partial charge in [-0.15, -0.1) is 0 Å². The lowest BCUT2D eigenvalue weighted by atomic mass is 10.1. The second kappa shape index (κ2) is 5.87. The Labute approximate surface area is 123 Å². The minimum Gasteiger partial charge on any atom is -0.867 e. The fourth-order valence-electron chi connectivity index (χ4n) is 1.73. The minimum atomic E-state index is -1.18. The predicted octanol–water partition coefficient (Wildman–Crippen LogP) is 1.83. The van der Waals surface area contributed by atoms with Gasteiger partial charge in [0, 0.05) is 17.3 Å². The SMILES string of the molecule is O=C(Nc1ccccc1)c1cc([N+](=O)[O-])cc([N+](=O)[O-])c1[O-]. The zero-order valence-corrected chi connectivity index (χ0v) is 10.9. The van der Waals surface area contributed by atoms with Gasteiger partial charge in [-0.2, -0.15) is 0 Å². The van der Waals surface area contributed by atoms with Crippen LogP contribution in [0.2, 0.25) is 0 Å². The number of benzene rings is 2. The number of nitro groups is 2. The molecule has 0 unspecified atom stereocenters. The molecule has 0 aromatic heterocycles. The molecule has 2 aromatic carbocycles. The van der Waals surface area contributed by atoms with E-state index in [1.165, 1.54) is 12.1 Å². The fourth-order valence-corrected chi connectivity index (χ4v) is 1.73. The largest absolute Gasteiger partial charge is 0.867 e. The van der Waals surface area contributed by atoms with Crippen LogP contribution in [0.25, 0.3) is 0 Å². The quantitative estimate of drug-likeness (QED) is 0.675. The molecular weight excluding hydrogens is 294 g/mol. The molecule has 0 spiro atoms. The van der Waals surface area contributed by atoms with Crippen molar-refractivity contribution in [1.82, 2.24) is 0 Å². The number of carbonyl (C=O) groups is 1. The van der Waals surface area contributed by atoms with Crippen LogP contribution in [0.15, 0.2) is 42.5 Å². The summed E-state index contributed by atoms with van der Waals surface area (Å²) in [4.78, 5) is 31.6. The summed E-state index contributed by atoms with van der Waals surface area (Å²) < 4.78 is 0. The topological polar surface area (TPSA) is 138 Å². The van der Waals surface area contributed by atoms with Gasteiger partial charge < -0.3 is 10.4 Å². The highest BCUT2D eigenvalue weighted by atomic mass is 16.6. The first-order valence-electron chi connectivity index (χ1n) is 5.90. The van der Waals surface area contributed by atoms with Crippen LogP contribution >= 0.6 is 0 Å². The molecule has 0 aliphatic rings. The summed E-state index contributed by atoms with van der Waals surface area (Å²) in [6.07, 6.45) is 0. The van der Waals surface area contributed by atoms with Crippen molar-refractivity contribution >= 4 is 23.0 Å². The normalized spacial score (nSPS) is 10.0. The molecule has 1 amide bonds. The Morgan fingerprint density at radius 3 is 2.18 bits per heavy atom. The van der Waals surface area contributed by atoms with Gasteiger partial charge >= 0.3 is 0 Å². The molecule has 0 fully saturated rings. The maximum Gasteiger partial charge on any atom is 0.277 e. The summed E-state index contributed by atoms with van der Waals surface area (Å²) in [7, 11) is 0. The molecule has 0 saturated heterocycles. The van der Waals surface area contributed by atoms with E-state index in [0.29, 0.717) is 17.8 Å². The van der Waals surface area contributed by atoms with Gasteiger partial charge in [-0.1, -0.05) is 18.2 Å². The third-order valence-electron chi connectivity index (χ3n) is 2.74. The van der Waals surface area contributed by atoms with Crippen molar-refractivity contribution < 1.29 is 19.7 Å². The molecular formula is C13H8N3O6-. The number of rotatable bonds is 4. The molecule has 9 nitrogen and oxygen atoms in total. The third-order valence-corrected chi connectivity index (χ3v) is 2.74. The van der Waals surface area contributed by atoms with Crippen LogP contribution in [-0.2, 0) is 0 Å². The van der Waals surface area contributed by atoms with Crippen molar-refractivity contribution in [3.05, 3.63) is 68.3 Å². The molecule has 0 heterocycles. The second-order valence-corrected chi connectivity index (χ2v) is 4.18. The zero-order chi connectivity index (χ0) is 16.3. The fraction of sp³-hybridized carbons (Fsp3) is 0. The molecule has 112 valence electrons. The van der Waals surface area contributed by atoms with Gasteiger partial charge in [0.2, 0.25) is 0 Å². The van der Waals surface area contributed by atoms with Gasteiger partial charge in [0.15, 0.2) is 0 Å². The van der Waals surface area contributed by atoms with E-state index in [-0.39, 0.29) is 0 Å². The second-order valence-electron chi connectivity index (χ2n) is 4.18. The zero-order valence-electron chi connectivity index (χ0n) is 10.9. The molecule has 9 heteroatoms. The van der Waals surface area contributed by atoms with Gasteiger partial charge in [0.1, 0.15) is 0 Å². The smallest absolute Gasteiger partial charge is 0.277 e. The lowest BCUT2D eigenvalue weighted by molar-refractivity contribution is -0.403. The number of nitrogens with one attached hydrogen (secondary N) is 1. The van der Waals surface area contributed by atoms with Gasteiger partial charge in [0.05, 0.1) is 15.9 Å². The van der Waals surface area contributed by atoms with Crippen molar-refractivity contribution in [3.8, 4) is 5.75 Å². The monoisotopic (exact) mass is 302 g/mol. The molecule has 0 aliphatic carbocycles. The summed E-state index contributed by atoms with van der Waals surface area (Å²) in [5.74, 6) is -2.13. The summed E-state index contributed by atoms with van der Waals surface area (Å²) in [6.45, 7) is 0. The number of hydrogen-bond donors (Lipinski definition) is 1. The molecule has 22 heavy (non-hydrogen) atoms. The van der Waals surface area contributed by atoms with Crippen molar-refractivity contribution in [1.29, 1.82) is 0 Å². The van der Waals surface area contributed by atoms with E-state index >= 15 is 0 Å². The number of amides is 1. The van der Waals surface area contributed by atoms with E-state index in [9.17, 15) is 30.1 Å². The first kappa shape index (κ1) is 14.9. The molecule has 0 aliphatic heterocycles. The van der Waals surface area contributed by atoms with Crippen molar-refractivity contribution in [3.63, 3.8) is 0 Å². The highest BCUT2D eigenvalue weighted by molar-refractivity contribution is 6.07. The number of non-ortho nitro benzene ring substituents is 1. The van der Waals surface area contributed by atoms with Crippen LogP contribution in [0.1, 0.15) is 10.4 Å². The Morgan fingerprint density at radius 1 is 1.00 bits per heavy atom. The lowest BCUT2D eigenvalue weighted by Gasteiger charge is -2.13. The van der Waals surface area contributed by atoms with E-state index < -0.39 is 38.4 Å². The van der Waals surface area contributed by atoms with Gasteiger partial charge in [-0.25, -0.2) is 0 Å². The predicted molar refractivity (Wildman–Crippen MR) is 73.6 cm³/mol. The Hall–Kier alpha value is -3.49. The van der Waals surface area contributed by atoms with Gasteiger partial charge in [0.25, 0.3) is 17.3 Å².